The highest BCUT2D eigenvalue weighted by Crippen LogP contribution is 2.29. The summed E-state index contributed by atoms with van der Waals surface area (Å²) in [5.41, 5.74) is 1.26. The molecule has 3 heteroatoms. The van der Waals surface area contributed by atoms with Gasteiger partial charge >= 0.3 is 0 Å². The molecule has 1 unspecified atom stereocenters. The smallest absolute Gasteiger partial charge is 0.167 e. The third-order valence-corrected chi connectivity index (χ3v) is 2.46. The number of rotatable bonds is 1. The maximum absolute atomic E-state index is 11.6. The van der Waals surface area contributed by atoms with Gasteiger partial charge < -0.3 is 9.52 Å². The zero-order valence-corrected chi connectivity index (χ0v) is 7.54. The monoisotopic (exact) mass is 180 g/mol. The van der Waals surface area contributed by atoms with E-state index in [1.54, 1.807) is 0 Å². The summed E-state index contributed by atoms with van der Waals surface area (Å²) in [4.78, 5) is 11.6. The van der Waals surface area contributed by atoms with E-state index in [4.69, 9.17) is 9.52 Å². The first kappa shape index (κ1) is 8.51. The molecule has 0 aliphatic heterocycles. The van der Waals surface area contributed by atoms with Crippen LogP contribution in [-0.2, 0) is 13.0 Å². The molecule has 0 amide bonds. The molecular formula is C10H12O3. The number of aliphatic hydroxyl groups is 1. The van der Waals surface area contributed by atoms with Gasteiger partial charge in [-0.15, -0.1) is 0 Å². The van der Waals surface area contributed by atoms with E-state index in [1.165, 1.54) is 6.26 Å². The van der Waals surface area contributed by atoms with E-state index < -0.39 is 0 Å². The molecule has 0 bridgehead atoms. The first-order valence-corrected chi connectivity index (χ1v) is 4.45. The van der Waals surface area contributed by atoms with Gasteiger partial charge in [0.05, 0.1) is 18.4 Å². The lowest BCUT2D eigenvalue weighted by Crippen LogP contribution is -2.17. The molecule has 0 radical (unpaired) electrons. The largest absolute Gasteiger partial charge is 0.468 e. The first-order chi connectivity index (χ1) is 6.22. The Kier molecular flexibility index (Phi) is 1.96. The van der Waals surface area contributed by atoms with Crippen LogP contribution < -0.4 is 0 Å². The van der Waals surface area contributed by atoms with Crippen LogP contribution in [0, 0.1) is 5.92 Å². The van der Waals surface area contributed by atoms with Crippen LogP contribution in [0.3, 0.4) is 0 Å². The fourth-order valence-electron chi connectivity index (χ4n) is 1.85. The van der Waals surface area contributed by atoms with Gasteiger partial charge in [0, 0.05) is 18.4 Å². The SMILES string of the molecule is CC1CC(=O)c2c(CO)coc2C1. The Hall–Kier alpha value is -1.09. The predicted molar refractivity (Wildman–Crippen MR) is 46.4 cm³/mol. The van der Waals surface area contributed by atoms with E-state index >= 15 is 0 Å². The van der Waals surface area contributed by atoms with Gasteiger partial charge in [-0.25, -0.2) is 0 Å². The van der Waals surface area contributed by atoms with Crippen molar-refractivity contribution < 1.29 is 14.3 Å². The van der Waals surface area contributed by atoms with Gasteiger partial charge in [0.25, 0.3) is 0 Å². The van der Waals surface area contributed by atoms with E-state index in [9.17, 15) is 4.79 Å². The number of furan rings is 1. The molecule has 1 aliphatic carbocycles. The maximum atomic E-state index is 11.6. The number of ketones is 1. The fraction of sp³-hybridized carbons (Fsp3) is 0.500. The van der Waals surface area contributed by atoms with Crippen LogP contribution >= 0.6 is 0 Å². The summed E-state index contributed by atoms with van der Waals surface area (Å²) in [6.07, 6.45) is 2.86. The van der Waals surface area contributed by atoms with Gasteiger partial charge in [-0.3, -0.25) is 4.79 Å². The molecule has 70 valence electrons. The molecule has 3 nitrogen and oxygen atoms in total. The van der Waals surface area contributed by atoms with Crippen molar-refractivity contribution in [2.45, 2.75) is 26.4 Å². The van der Waals surface area contributed by atoms with Crippen molar-refractivity contribution in [2.75, 3.05) is 0 Å². The van der Waals surface area contributed by atoms with Crippen LogP contribution in [0.15, 0.2) is 10.7 Å². The van der Waals surface area contributed by atoms with Crippen molar-refractivity contribution in [2.24, 2.45) is 5.92 Å². The lowest BCUT2D eigenvalue weighted by Gasteiger charge is -2.15. The molecular weight excluding hydrogens is 168 g/mol. The third kappa shape index (κ3) is 1.29. The highest BCUT2D eigenvalue weighted by atomic mass is 16.3. The molecule has 1 heterocycles. The van der Waals surface area contributed by atoms with Gasteiger partial charge in [-0.05, 0) is 5.92 Å². The highest BCUT2D eigenvalue weighted by molar-refractivity contribution is 5.99. The molecule has 2 rings (SSSR count). The van der Waals surface area contributed by atoms with Crippen LogP contribution in [0.2, 0.25) is 0 Å². The van der Waals surface area contributed by atoms with Crippen LogP contribution in [-0.4, -0.2) is 10.9 Å². The Morgan fingerprint density at radius 1 is 1.62 bits per heavy atom. The van der Waals surface area contributed by atoms with Gasteiger partial charge in [0.1, 0.15) is 5.76 Å². The van der Waals surface area contributed by atoms with Crippen molar-refractivity contribution in [3.05, 3.63) is 23.2 Å². The number of carbonyl (C=O) groups excluding carboxylic acids is 1. The second-order valence-electron chi connectivity index (χ2n) is 3.65. The van der Waals surface area contributed by atoms with Gasteiger partial charge in [-0.1, -0.05) is 6.92 Å². The number of Topliss-reactive ketones (excluding diaryl/α,β-unsaturated/α-hetero) is 1. The van der Waals surface area contributed by atoms with E-state index in [0.29, 0.717) is 23.5 Å². The number of carbonyl (C=O) groups is 1. The Balaban J connectivity index is 2.46. The maximum Gasteiger partial charge on any atom is 0.167 e. The number of hydrogen-bond acceptors (Lipinski definition) is 3. The molecule has 0 aromatic carbocycles. The topological polar surface area (TPSA) is 50.4 Å². The molecule has 1 aromatic heterocycles. The zero-order chi connectivity index (χ0) is 9.42. The second kappa shape index (κ2) is 3.00. The van der Waals surface area contributed by atoms with E-state index in [2.05, 4.69) is 0 Å². The quantitative estimate of drug-likeness (QED) is 0.713. The average molecular weight is 180 g/mol. The average Bonchev–Trinajstić information content (AvgIpc) is 2.47. The summed E-state index contributed by atoms with van der Waals surface area (Å²) < 4.78 is 5.24. The number of fused-ring (bicyclic) bond motifs is 1. The Morgan fingerprint density at radius 3 is 3.08 bits per heavy atom. The van der Waals surface area contributed by atoms with E-state index in [-0.39, 0.29) is 12.4 Å². The van der Waals surface area contributed by atoms with Crippen molar-refractivity contribution >= 4 is 5.78 Å². The Morgan fingerprint density at radius 2 is 2.38 bits per heavy atom. The number of aliphatic hydroxyl groups excluding tert-OH is 1. The molecule has 0 saturated heterocycles. The first-order valence-electron chi connectivity index (χ1n) is 4.45. The number of hydrogen-bond donors (Lipinski definition) is 1. The standard InChI is InChI=1S/C10H12O3/c1-6-2-8(12)10-7(4-11)5-13-9(10)3-6/h5-6,11H,2-4H2,1H3. The molecule has 0 fully saturated rings. The van der Waals surface area contributed by atoms with Crippen LogP contribution in [0.1, 0.15) is 35.0 Å². The van der Waals surface area contributed by atoms with Gasteiger partial charge in [0.15, 0.2) is 5.78 Å². The highest BCUT2D eigenvalue weighted by Gasteiger charge is 2.27. The minimum atomic E-state index is -0.112. The van der Waals surface area contributed by atoms with Crippen LogP contribution in [0.25, 0.3) is 0 Å². The molecule has 1 N–H and O–H groups in total. The molecule has 13 heavy (non-hydrogen) atoms. The summed E-state index contributed by atoms with van der Waals surface area (Å²) >= 11 is 0. The lowest BCUT2D eigenvalue weighted by molar-refractivity contribution is 0.0946. The normalized spacial score (nSPS) is 21.7. The van der Waals surface area contributed by atoms with Crippen molar-refractivity contribution in [3.8, 4) is 0 Å². The molecule has 1 aromatic rings. The Labute approximate surface area is 76.4 Å². The summed E-state index contributed by atoms with van der Waals surface area (Å²) in [6.45, 7) is 1.92. The summed E-state index contributed by atoms with van der Waals surface area (Å²) in [5, 5.41) is 8.95. The summed E-state index contributed by atoms with van der Waals surface area (Å²) in [6, 6.07) is 0. The summed E-state index contributed by atoms with van der Waals surface area (Å²) in [5.74, 6) is 1.21. The van der Waals surface area contributed by atoms with E-state index in [1.807, 2.05) is 6.92 Å². The van der Waals surface area contributed by atoms with E-state index in [0.717, 1.165) is 12.2 Å². The molecule has 1 atom stereocenters. The van der Waals surface area contributed by atoms with Gasteiger partial charge in [-0.2, -0.15) is 0 Å². The lowest BCUT2D eigenvalue weighted by atomic mass is 9.87. The van der Waals surface area contributed by atoms with Crippen molar-refractivity contribution in [1.82, 2.24) is 0 Å². The van der Waals surface area contributed by atoms with Crippen LogP contribution in [0.5, 0.6) is 0 Å². The van der Waals surface area contributed by atoms with Crippen LogP contribution in [0.4, 0.5) is 0 Å². The van der Waals surface area contributed by atoms with Crippen molar-refractivity contribution in [1.29, 1.82) is 0 Å². The minimum absolute atomic E-state index is 0.103. The molecule has 0 spiro atoms. The zero-order valence-electron chi connectivity index (χ0n) is 7.54. The third-order valence-electron chi connectivity index (χ3n) is 2.46. The molecule has 1 aliphatic rings. The predicted octanol–water partition coefficient (Wildman–Crippen LogP) is 1.54. The second-order valence-corrected chi connectivity index (χ2v) is 3.65. The van der Waals surface area contributed by atoms with Gasteiger partial charge in [0.2, 0.25) is 0 Å². The Bertz CT molecular complexity index is 338. The fourth-order valence-corrected chi connectivity index (χ4v) is 1.85. The molecule has 0 saturated carbocycles. The minimum Gasteiger partial charge on any atom is -0.468 e. The summed E-state index contributed by atoms with van der Waals surface area (Å²) in [7, 11) is 0. The van der Waals surface area contributed by atoms with Crippen molar-refractivity contribution in [3.63, 3.8) is 0 Å².